The van der Waals surface area contributed by atoms with E-state index in [0.29, 0.717) is 0 Å². The normalized spacial score (nSPS) is 20.9. The highest BCUT2D eigenvalue weighted by Gasteiger charge is 2.18. The minimum Gasteiger partial charge on any atom is -0.382 e. The van der Waals surface area contributed by atoms with Crippen LogP contribution in [-0.2, 0) is 9.47 Å². The van der Waals surface area contributed by atoms with Crippen LogP contribution in [0.5, 0.6) is 0 Å². The average Bonchev–Trinajstić information content (AvgIpc) is 2.28. The summed E-state index contributed by atoms with van der Waals surface area (Å²) in [6, 6.07) is 0. The van der Waals surface area contributed by atoms with Crippen LogP contribution >= 0.6 is 12.2 Å². The first-order valence-corrected chi connectivity index (χ1v) is 6.37. The Bertz CT molecular complexity index is 214. The lowest BCUT2D eigenvalue weighted by atomic mass is 10.3. The van der Waals surface area contributed by atoms with Gasteiger partial charge in [0, 0.05) is 32.8 Å². The van der Waals surface area contributed by atoms with Gasteiger partial charge in [0.15, 0.2) is 5.11 Å². The van der Waals surface area contributed by atoms with Gasteiger partial charge >= 0.3 is 0 Å². The van der Waals surface area contributed by atoms with Crippen LogP contribution in [0.4, 0.5) is 0 Å². The quantitative estimate of drug-likeness (QED) is 0.578. The lowest BCUT2D eigenvalue weighted by Crippen LogP contribution is -2.48. The van der Waals surface area contributed by atoms with E-state index in [1.165, 1.54) is 0 Å². The molecule has 0 saturated carbocycles. The summed E-state index contributed by atoms with van der Waals surface area (Å²) in [5.74, 6) is 0. The van der Waals surface area contributed by atoms with Gasteiger partial charge in [-0.2, -0.15) is 0 Å². The number of hydrogen-bond acceptors (Lipinski definition) is 3. The number of rotatable bonds is 5. The van der Waals surface area contributed by atoms with Crippen molar-refractivity contribution in [1.29, 1.82) is 0 Å². The van der Waals surface area contributed by atoms with Crippen molar-refractivity contribution in [3.63, 3.8) is 0 Å². The zero-order valence-electron chi connectivity index (χ0n) is 10.2. The number of thiocarbonyl (C=S) groups is 1. The molecule has 5 heteroatoms. The van der Waals surface area contributed by atoms with Gasteiger partial charge in [0.25, 0.3) is 0 Å². The molecular formula is C11H22N2O2S. The van der Waals surface area contributed by atoms with Crippen LogP contribution in [0.2, 0.25) is 0 Å². The fraction of sp³-hybridized carbons (Fsp3) is 0.909. The van der Waals surface area contributed by atoms with Gasteiger partial charge in [-0.25, -0.2) is 0 Å². The molecule has 1 rings (SSSR count). The third-order valence-corrected chi connectivity index (χ3v) is 2.88. The molecule has 1 saturated heterocycles. The van der Waals surface area contributed by atoms with Gasteiger partial charge in [0.1, 0.15) is 0 Å². The van der Waals surface area contributed by atoms with E-state index in [2.05, 4.69) is 17.1 Å². The smallest absolute Gasteiger partial charge is 0.169 e. The summed E-state index contributed by atoms with van der Waals surface area (Å²) in [5, 5.41) is 4.09. The Morgan fingerprint density at radius 1 is 1.62 bits per heavy atom. The predicted octanol–water partition coefficient (Wildman–Crippen LogP) is 1.01. The van der Waals surface area contributed by atoms with Crippen LogP contribution in [0, 0.1) is 0 Å². The maximum Gasteiger partial charge on any atom is 0.169 e. The van der Waals surface area contributed by atoms with Crippen molar-refractivity contribution in [2.75, 3.05) is 39.5 Å². The van der Waals surface area contributed by atoms with Crippen LogP contribution in [0.3, 0.4) is 0 Å². The van der Waals surface area contributed by atoms with E-state index < -0.39 is 0 Å². The molecule has 1 heterocycles. The van der Waals surface area contributed by atoms with Crippen molar-refractivity contribution >= 4 is 17.3 Å². The molecular weight excluding hydrogens is 224 g/mol. The fourth-order valence-corrected chi connectivity index (χ4v) is 1.90. The second-order valence-electron chi connectivity index (χ2n) is 3.91. The molecule has 4 nitrogen and oxygen atoms in total. The van der Waals surface area contributed by atoms with Crippen LogP contribution in [-0.4, -0.2) is 55.6 Å². The van der Waals surface area contributed by atoms with Crippen molar-refractivity contribution in [3.8, 4) is 0 Å². The van der Waals surface area contributed by atoms with Crippen LogP contribution in [0.1, 0.15) is 20.3 Å². The zero-order valence-corrected chi connectivity index (χ0v) is 11.0. The van der Waals surface area contributed by atoms with Crippen LogP contribution in [0.15, 0.2) is 0 Å². The molecule has 0 aromatic heterocycles. The topological polar surface area (TPSA) is 33.7 Å². The summed E-state index contributed by atoms with van der Waals surface area (Å²) in [4.78, 5) is 2.17. The Morgan fingerprint density at radius 2 is 2.44 bits per heavy atom. The van der Waals surface area contributed by atoms with Crippen molar-refractivity contribution in [1.82, 2.24) is 10.2 Å². The Kier molecular flexibility index (Phi) is 6.68. The molecule has 1 aliphatic rings. The van der Waals surface area contributed by atoms with Crippen molar-refractivity contribution in [2.45, 2.75) is 26.4 Å². The van der Waals surface area contributed by atoms with E-state index in [1.54, 1.807) is 0 Å². The molecule has 1 fully saturated rings. The average molecular weight is 246 g/mol. The van der Waals surface area contributed by atoms with Gasteiger partial charge < -0.3 is 19.7 Å². The molecule has 16 heavy (non-hydrogen) atoms. The number of nitrogens with zero attached hydrogens (tertiary/aromatic N) is 1. The Labute approximate surface area is 103 Å². The van der Waals surface area contributed by atoms with E-state index >= 15 is 0 Å². The largest absolute Gasteiger partial charge is 0.382 e. The molecule has 1 unspecified atom stereocenters. The van der Waals surface area contributed by atoms with E-state index in [4.69, 9.17) is 21.7 Å². The molecule has 0 spiro atoms. The molecule has 0 aromatic rings. The van der Waals surface area contributed by atoms with E-state index in [0.717, 1.165) is 51.0 Å². The first-order valence-electron chi connectivity index (χ1n) is 5.96. The van der Waals surface area contributed by atoms with Gasteiger partial charge in [-0.05, 0) is 32.5 Å². The van der Waals surface area contributed by atoms with Crippen molar-refractivity contribution in [3.05, 3.63) is 0 Å². The maximum atomic E-state index is 5.47. The number of nitrogens with one attached hydrogen (secondary N) is 1. The SMILES string of the molecule is CCOCCCNC(=S)N1CCOC(C)C1. The number of morpholine rings is 1. The highest BCUT2D eigenvalue weighted by atomic mass is 32.1. The van der Waals surface area contributed by atoms with Crippen molar-refractivity contribution in [2.24, 2.45) is 0 Å². The second kappa shape index (κ2) is 7.81. The first-order chi connectivity index (χ1) is 7.74. The lowest BCUT2D eigenvalue weighted by Gasteiger charge is -2.33. The minimum atomic E-state index is 0.275. The predicted molar refractivity (Wildman–Crippen MR) is 68.7 cm³/mol. The molecule has 0 aromatic carbocycles. The summed E-state index contributed by atoms with van der Waals surface area (Å²) in [5.41, 5.74) is 0. The van der Waals surface area contributed by atoms with Gasteiger partial charge in [-0.3, -0.25) is 0 Å². The first kappa shape index (κ1) is 13.7. The number of ether oxygens (including phenoxy) is 2. The lowest BCUT2D eigenvalue weighted by molar-refractivity contribution is 0.00552. The fourth-order valence-electron chi connectivity index (χ4n) is 1.63. The molecule has 0 amide bonds. The zero-order chi connectivity index (χ0) is 11.8. The summed E-state index contributed by atoms with van der Waals surface area (Å²) < 4.78 is 10.7. The van der Waals surface area contributed by atoms with E-state index in [1.807, 2.05) is 6.92 Å². The van der Waals surface area contributed by atoms with E-state index in [-0.39, 0.29) is 6.10 Å². The Hall–Kier alpha value is -0.390. The van der Waals surface area contributed by atoms with E-state index in [9.17, 15) is 0 Å². The highest BCUT2D eigenvalue weighted by molar-refractivity contribution is 7.80. The molecule has 0 bridgehead atoms. The van der Waals surface area contributed by atoms with Gasteiger partial charge in [0.05, 0.1) is 12.7 Å². The summed E-state index contributed by atoms with van der Waals surface area (Å²) in [6.45, 7) is 9.08. The third kappa shape index (κ3) is 5.09. The maximum absolute atomic E-state index is 5.47. The molecule has 1 aliphatic heterocycles. The van der Waals surface area contributed by atoms with Gasteiger partial charge in [0.2, 0.25) is 0 Å². The highest BCUT2D eigenvalue weighted by Crippen LogP contribution is 2.04. The molecule has 1 atom stereocenters. The van der Waals surface area contributed by atoms with Gasteiger partial charge in [-0.15, -0.1) is 0 Å². The number of hydrogen-bond donors (Lipinski definition) is 1. The summed E-state index contributed by atoms with van der Waals surface area (Å²) in [7, 11) is 0. The van der Waals surface area contributed by atoms with Crippen molar-refractivity contribution < 1.29 is 9.47 Å². The minimum absolute atomic E-state index is 0.275. The summed E-state index contributed by atoms with van der Waals surface area (Å²) in [6.07, 6.45) is 1.27. The van der Waals surface area contributed by atoms with Crippen LogP contribution in [0.25, 0.3) is 0 Å². The summed E-state index contributed by atoms with van der Waals surface area (Å²) >= 11 is 5.32. The Morgan fingerprint density at radius 3 is 3.12 bits per heavy atom. The standard InChI is InChI=1S/C11H22N2O2S/c1-3-14-7-4-5-12-11(16)13-6-8-15-10(2)9-13/h10H,3-9H2,1-2H3,(H,12,16). The molecule has 0 aliphatic carbocycles. The van der Waals surface area contributed by atoms with Gasteiger partial charge in [-0.1, -0.05) is 0 Å². The Balaban J connectivity index is 2.09. The third-order valence-electron chi connectivity index (χ3n) is 2.47. The monoisotopic (exact) mass is 246 g/mol. The molecule has 94 valence electrons. The van der Waals surface area contributed by atoms with Crippen LogP contribution < -0.4 is 5.32 Å². The molecule has 0 radical (unpaired) electrons. The molecule has 1 N–H and O–H groups in total. The second-order valence-corrected chi connectivity index (χ2v) is 4.30.